The zero-order valence-corrected chi connectivity index (χ0v) is 6.16. The quantitative estimate of drug-likeness (QED) is 0.698. The summed E-state index contributed by atoms with van der Waals surface area (Å²) in [5.74, 6) is 1.14. The summed E-state index contributed by atoms with van der Waals surface area (Å²) in [7, 11) is 0. The van der Waals surface area contributed by atoms with Crippen LogP contribution in [0.1, 0.15) is 12.8 Å². The van der Waals surface area contributed by atoms with E-state index >= 15 is 0 Å². The maximum absolute atomic E-state index is 8.95. The van der Waals surface area contributed by atoms with Gasteiger partial charge in [0.15, 0.2) is 0 Å². The molecule has 58 valence electrons. The normalized spacial score (nSPS) is 16.4. The van der Waals surface area contributed by atoms with Crippen molar-refractivity contribution < 1.29 is 9.84 Å². The van der Waals surface area contributed by atoms with Crippen molar-refractivity contribution >= 4 is 0 Å². The first-order valence-corrected chi connectivity index (χ1v) is 3.80. The van der Waals surface area contributed by atoms with Gasteiger partial charge in [0.1, 0.15) is 11.5 Å². The monoisotopic (exact) mass is 150 g/mol. The SMILES string of the molecule is Oc1ccc(OC2CC2)cc1. The van der Waals surface area contributed by atoms with Crippen molar-refractivity contribution in [2.75, 3.05) is 0 Å². The van der Waals surface area contributed by atoms with Crippen LogP contribution >= 0.6 is 0 Å². The van der Waals surface area contributed by atoms with Gasteiger partial charge in [-0.15, -0.1) is 0 Å². The molecule has 0 bridgehead atoms. The lowest BCUT2D eigenvalue weighted by molar-refractivity contribution is 0.302. The van der Waals surface area contributed by atoms with Gasteiger partial charge >= 0.3 is 0 Å². The van der Waals surface area contributed by atoms with Crippen molar-refractivity contribution in [3.05, 3.63) is 24.3 Å². The van der Waals surface area contributed by atoms with E-state index in [1.165, 1.54) is 12.8 Å². The number of aromatic hydroxyl groups is 1. The summed E-state index contributed by atoms with van der Waals surface area (Å²) >= 11 is 0. The number of ether oxygens (including phenoxy) is 1. The Labute approximate surface area is 65.4 Å². The summed E-state index contributed by atoms with van der Waals surface area (Å²) in [6.45, 7) is 0. The van der Waals surface area contributed by atoms with Crippen LogP contribution in [-0.4, -0.2) is 11.2 Å². The third-order valence-electron chi connectivity index (χ3n) is 1.66. The molecule has 0 atom stereocenters. The number of rotatable bonds is 2. The van der Waals surface area contributed by atoms with E-state index in [1.54, 1.807) is 24.3 Å². The molecular formula is C9H10O2. The average Bonchev–Trinajstić information content (AvgIpc) is 2.78. The molecule has 0 radical (unpaired) electrons. The number of hydrogen-bond donors (Lipinski definition) is 1. The highest BCUT2D eigenvalue weighted by molar-refractivity contribution is 5.30. The topological polar surface area (TPSA) is 29.5 Å². The molecule has 1 fully saturated rings. The summed E-state index contributed by atoms with van der Waals surface area (Å²) < 4.78 is 5.47. The van der Waals surface area contributed by atoms with E-state index in [9.17, 15) is 0 Å². The van der Waals surface area contributed by atoms with E-state index < -0.39 is 0 Å². The maximum atomic E-state index is 8.95. The van der Waals surface area contributed by atoms with Crippen molar-refractivity contribution in [3.63, 3.8) is 0 Å². The summed E-state index contributed by atoms with van der Waals surface area (Å²) in [4.78, 5) is 0. The molecule has 1 N–H and O–H groups in total. The number of phenols is 1. The molecule has 0 aromatic heterocycles. The highest BCUT2D eigenvalue weighted by atomic mass is 16.5. The van der Waals surface area contributed by atoms with Crippen molar-refractivity contribution in [2.24, 2.45) is 0 Å². The van der Waals surface area contributed by atoms with Crippen LogP contribution in [0, 0.1) is 0 Å². The maximum Gasteiger partial charge on any atom is 0.119 e. The Balaban J connectivity index is 2.06. The average molecular weight is 150 g/mol. The van der Waals surface area contributed by atoms with Crippen LogP contribution in [0.2, 0.25) is 0 Å². The van der Waals surface area contributed by atoms with E-state index in [0.29, 0.717) is 6.10 Å². The molecule has 1 saturated carbocycles. The first-order chi connectivity index (χ1) is 5.34. The molecule has 0 spiro atoms. The van der Waals surface area contributed by atoms with Crippen molar-refractivity contribution in [1.82, 2.24) is 0 Å². The molecule has 11 heavy (non-hydrogen) atoms. The van der Waals surface area contributed by atoms with Gasteiger partial charge in [-0.2, -0.15) is 0 Å². The fourth-order valence-corrected chi connectivity index (χ4v) is 0.903. The molecule has 1 aromatic carbocycles. The Morgan fingerprint density at radius 3 is 2.36 bits per heavy atom. The minimum Gasteiger partial charge on any atom is -0.508 e. The third-order valence-corrected chi connectivity index (χ3v) is 1.66. The zero-order valence-electron chi connectivity index (χ0n) is 6.16. The van der Waals surface area contributed by atoms with Crippen LogP contribution in [-0.2, 0) is 0 Å². The molecule has 2 rings (SSSR count). The first-order valence-electron chi connectivity index (χ1n) is 3.80. The molecule has 1 aliphatic rings. The predicted octanol–water partition coefficient (Wildman–Crippen LogP) is 1.93. The van der Waals surface area contributed by atoms with E-state index in [-0.39, 0.29) is 5.75 Å². The van der Waals surface area contributed by atoms with Crippen LogP contribution < -0.4 is 4.74 Å². The molecule has 2 heteroatoms. The van der Waals surface area contributed by atoms with Gasteiger partial charge in [0.25, 0.3) is 0 Å². The van der Waals surface area contributed by atoms with Crippen LogP contribution in [0.3, 0.4) is 0 Å². The minimum absolute atomic E-state index is 0.285. The zero-order chi connectivity index (χ0) is 7.68. The van der Waals surface area contributed by atoms with Gasteiger partial charge in [0.2, 0.25) is 0 Å². The van der Waals surface area contributed by atoms with E-state index in [1.807, 2.05) is 0 Å². The number of phenolic OH excluding ortho intramolecular Hbond substituents is 1. The highest BCUT2D eigenvalue weighted by Gasteiger charge is 2.23. The lowest BCUT2D eigenvalue weighted by Gasteiger charge is -2.02. The second kappa shape index (κ2) is 2.46. The molecule has 0 amide bonds. The second-order valence-electron chi connectivity index (χ2n) is 2.81. The van der Waals surface area contributed by atoms with Gasteiger partial charge in [0.05, 0.1) is 6.10 Å². The molecule has 0 aliphatic heterocycles. The Kier molecular flexibility index (Phi) is 1.46. The third kappa shape index (κ3) is 1.64. The second-order valence-corrected chi connectivity index (χ2v) is 2.81. The largest absolute Gasteiger partial charge is 0.508 e. The van der Waals surface area contributed by atoms with Gasteiger partial charge in [-0.25, -0.2) is 0 Å². The van der Waals surface area contributed by atoms with Gasteiger partial charge in [0, 0.05) is 0 Å². The van der Waals surface area contributed by atoms with Crippen molar-refractivity contribution in [2.45, 2.75) is 18.9 Å². The smallest absolute Gasteiger partial charge is 0.119 e. The molecule has 1 aliphatic carbocycles. The Morgan fingerprint density at radius 2 is 1.82 bits per heavy atom. The Hall–Kier alpha value is -1.18. The molecular weight excluding hydrogens is 140 g/mol. The number of hydrogen-bond acceptors (Lipinski definition) is 2. The fraction of sp³-hybridized carbons (Fsp3) is 0.333. The first kappa shape index (κ1) is 6.53. The Morgan fingerprint density at radius 1 is 1.18 bits per heavy atom. The van der Waals surface area contributed by atoms with Crippen LogP contribution in [0.5, 0.6) is 11.5 Å². The summed E-state index contributed by atoms with van der Waals surface area (Å²) in [6.07, 6.45) is 2.77. The van der Waals surface area contributed by atoms with E-state index in [0.717, 1.165) is 5.75 Å². The van der Waals surface area contributed by atoms with Gasteiger partial charge in [-0.05, 0) is 37.1 Å². The standard InChI is InChI=1S/C9H10O2/c10-7-1-3-8(4-2-7)11-9-5-6-9/h1-4,9-10H,5-6H2. The van der Waals surface area contributed by atoms with Crippen LogP contribution in [0.4, 0.5) is 0 Å². The lowest BCUT2D eigenvalue weighted by Crippen LogP contribution is -1.94. The summed E-state index contributed by atoms with van der Waals surface area (Å²) in [6, 6.07) is 6.84. The molecule has 2 nitrogen and oxygen atoms in total. The van der Waals surface area contributed by atoms with Gasteiger partial charge in [-0.1, -0.05) is 0 Å². The Bertz CT molecular complexity index is 236. The fourth-order valence-electron chi connectivity index (χ4n) is 0.903. The van der Waals surface area contributed by atoms with Crippen LogP contribution in [0.25, 0.3) is 0 Å². The van der Waals surface area contributed by atoms with Crippen LogP contribution in [0.15, 0.2) is 24.3 Å². The summed E-state index contributed by atoms with van der Waals surface area (Å²) in [5, 5.41) is 8.95. The highest BCUT2D eigenvalue weighted by Crippen LogP contribution is 2.27. The van der Waals surface area contributed by atoms with E-state index in [4.69, 9.17) is 9.84 Å². The van der Waals surface area contributed by atoms with Crippen molar-refractivity contribution in [3.8, 4) is 11.5 Å². The summed E-state index contributed by atoms with van der Waals surface area (Å²) in [5.41, 5.74) is 0. The lowest BCUT2D eigenvalue weighted by atomic mass is 10.3. The van der Waals surface area contributed by atoms with Gasteiger partial charge in [-0.3, -0.25) is 0 Å². The number of benzene rings is 1. The predicted molar refractivity (Wildman–Crippen MR) is 41.8 cm³/mol. The molecule has 1 aromatic rings. The molecule has 0 saturated heterocycles. The van der Waals surface area contributed by atoms with Crippen molar-refractivity contribution in [1.29, 1.82) is 0 Å². The van der Waals surface area contributed by atoms with E-state index in [2.05, 4.69) is 0 Å². The van der Waals surface area contributed by atoms with Gasteiger partial charge < -0.3 is 9.84 Å². The minimum atomic E-state index is 0.285. The molecule has 0 unspecified atom stereocenters. The molecule has 0 heterocycles.